The van der Waals surface area contributed by atoms with Crippen LogP contribution < -0.4 is 10.6 Å². The van der Waals surface area contributed by atoms with E-state index < -0.39 is 0 Å². The standard InChI is InChI=1S/C18H20N2O/c1-13-5-7-14(8-6-13)12-20-17-10-9-16(19)11-15(17)3-2-4-18(20)21/h5-11H,2-4,12,19H2,1H3. The van der Waals surface area contributed by atoms with Gasteiger partial charge in [0.2, 0.25) is 5.91 Å². The third kappa shape index (κ3) is 2.92. The number of hydrogen-bond acceptors (Lipinski definition) is 2. The summed E-state index contributed by atoms with van der Waals surface area (Å²) in [5, 5.41) is 0. The van der Waals surface area contributed by atoms with Crippen LogP contribution >= 0.6 is 0 Å². The fourth-order valence-electron chi connectivity index (χ4n) is 2.82. The zero-order valence-corrected chi connectivity index (χ0v) is 12.3. The molecular formula is C18H20N2O. The van der Waals surface area contributed by atoms with Crippen molar-refractivity contribution in [3.05, 3.63) is 59.2 Å². The molecule has 3 heteroatoms. The Morgan fingerprint density at radius 1 is 1.10 bits per heavy atom. The van der Waals surface area contributed by atoms with Gasteiger partial charge in [0.25, 0.3) is 0 Å². The maximum atomic E-state index is 12.4. The maximum Gasteiger partial charge on any atom is 0.227 e. The van der Waals surface area contributed by atoms with Crippen LogP contribution in [0.25, 0.3) is 0 Å². The fourth-order valence-corrected chi connectivity index (χ4v) is 2.82. The van der Waals surface area contributed by atoms with E-state index in [1.54, 1.807) is 0 Å². The normalized spacial score (nSPS) is 14.7. The molecule has 0 bridgehead atoms. The number of nitrogen functional groups attached to an aromatic ring is 1. The van der Waals surface area contributed by atoms with Crippen molar-refractivity contribution in [2.24, 2.45) is 0 Å². The van der Waals surface area contributed by atoms with Crippen LogP contribution in [0.1, 0.15) is 29.5 Å². The zero-order valence-electron chi connectivity index (χ0n) is 12.3. The molecule has 1 heterocycles. The van der Waals surface area contributed by atoms with Gasteiger partial charge in [-0.15, -0.1) is 0 Å². The van der Waals surface area contributed by atoms with E-state index in [9.17, 15) is 4.79 Å². The van der Waals surface area contributed by atoms with Gasteiger partial charge in [0, 0.05) is 17.8 Å². The van der Waals surface area contributed by atoms with Gasteiger partial charge < -0.3 is 10.6 Å². The average Bonchev–Trinajstić information content (AvgIpc) is 2.61. The van der Waals surface area contributed by atoms with E-state index in [4.69, 9.17) is 5.73 Å². The Morgan fingerprint density at radius 3 is 2.62 bits per heavy atom. The van der Waals surface area contributed by atoms with E-state index in [0.29, 0.717) is 13.0 Å². The lowest BCUT2D eigenvalue weighted by Crippen LogP contribution is -2.29. The van der Waals surface area contributed by atoms with Gasteiger partial charge in [0.15, 0.2) is 0 Å². The first kappa shape index (κ1) is 13.7. The summed E-state index contributed by atoms with van der Waals surface area (Å²) >= 11 is 0. The summed E-state index contributed by atoms with van der Waals surface area (Å²) in [6, 6.07) is 14.2. The summed E-state index contributed by atoms with van der Waals surface area (Å²) in [4.78, 5) is 14.3. The van der Waals surface area contributed by atoms with Crippen LogP contribution in [-0.4, -0.2) is 5.91 Å². The minimum atomic E-state index is 0.194. The first-order valence-electron chi connectivity index (χ1n) is 7.38. The predicted molar refractivity (Wildman–Crippen MR) is 86.2 cm³/mol. The van der Waals surface area contributed by atoms with Crippen LogP contribution in [-0.2, 0) is 17.8 Å². The number of benzene rings is 2. The summed E-state index contributed by atoms with van der Waals surface area (Å²) in [7, 11) is 0. The van der Waals surface area contributed by atoms with Crippen LogP contribution in [0.4, 0.5) is 11.4 Å². The highest BCUT2D eigenvalue weighted by Gasteiger charge is 2.22. The Labute approximate surface area is 125 Å². The van der Waals surface area contributed by atoms with Crippen molar-refractivity contribution in [3.63, 3.8) is 0 Å². The molecule has 0 saturated carbocycles. The second-order valence-electron chi connectivity index (χ2n) is 5.71. The first-order valence-corrected chi connectivity index (χ1v) is 7.38. The van der Waals surface area contributed by atoms with E-state index in [-0.39, 0.29) is 5.91 Å². The number of rotatable bonds is 2. The Bertz CT molecular complexity index is 661. The Morgan fingerprint density at radius 2 is 1.86 bits per heavy atom. The molecule has 0 spiro atoms. The predicted octanol–water partition coefficient (Wildman–Crippen LogP) is 3.45. The number of carbonyl (C=O) groups excluding carboxylic acids is 1. The Kier molecular flexibility index (Phi) is 3.65. The molecule has 0 aromatic heterocycles. The van der Waals surface area contributed by atoms with Crippen LogP contribution in [0.15, 0.2) is 42.5 Å². The second-order valence-corrected chi connectivity index (χ2v) is 5.71. The molecule has 2 N–H and O–H groups in total. The molecule has 0 unspecified atom stereocenters. The van der Waals surface area contributed by atoms with E-state index in [2.05, 4.69) is 31.2 Å². The molecule has 1 aliphatic heterocycles. The molecule has 3 nitrogen and oxygen atoms in total. The third-order valence-electron chi connectivity index (χ3n) is 3.99. The van der Waals surface area contributed by atoms with E-state index in [1.165, 1.54) is 11.1 Å². The monoisotopic (exact) mass is 280 g/mol. The molecule has 1 amide bonds. The quantitative estimate of drug-likeness (QED) is 0.856. The molecule has 0 atom stereocenters. The van der Waals surface area contributed by atoms with Gasteiger partial charge in [0.1, 0.15) is 0 Å². The number of nitrogens with two attached hydrogens (primary N) is 1. The van der Waals surface area contributed by atoms with Crippen LogP contribution in [0.5, 0.6) is 0 Å². The third-order valence-corrected chi connectivity index (χ3v) is 3.99. The molecule has 21 heavy (non-hydrogen) atoms. The summed E-state index contributed by atoms with van der Waals surface area (Å²) < 4.78 is 0. The second kappa shape index (κ2) is 5.60. The van der Waals surface area contributed by atoms with Crippen LogP contribution in [0.3, 0.4) is 0 Å². The highest BCUT2D eigenvalue weighted by Crippen LogP contribution is 2.30. The number of carbonyl (C=O) groups is 1. The molecule has 108 valence electrons. The highest BCUT2D eigenvalue weighted by molar-refractivity contribution is 5.95. The number of anilines is 2. The Hall–Kier alpha value is -2.29. The fraction of sp³-hybridized carbons (Fsp3) is 0.278. The van der Waals surface area contributed by atoms with E-state index in [0.717, 1.165) is 29.8 Å². The summed E-state index contributed by atoms with van der Waals surface area (Å²) in [5.74, 6) is 0.194. The molecule has 2 aromatic carbocycles. The summed E-state index contributed by atoms with van der Waals surface area (Å²) in [5.41, 5.74) is 11.2. The maximum absolute atomic E-state index is 12.4. The van der Waals surface area contributed by atoms with Crippen molar-refractivity contribution < 1.29 is 4.79 Å². The average molecular weight is 280 g/mol. The molecule has 1 aliphatic rings. The lowest BCUT2D eigenvalue weighted by Gasteiger charge is -2.23. The van der Waals surface area contributed by atoms with Crippen molar-refractivity contribution >= 4 is 17.3 Å². The van der Waals surface area contributed by atoms with Gasteiger partial charge >= 0.3 is 0 Å². The van der Waals surface area contributed by atoms with Crippen molar-refractivity contribution in [1.82, 2.24) is 0 Å². The summed E-state index contributed by atoms with van der Waals surface area (Å²) in [6.07, 6.45) is 2.40. The highest BCUT2D eigenvalue weighted by atomic mass is 16.2. The van der Waals surface area contributed by atoms with Gasteiger partial charge in [-0.3, -0.25) is 4.79 Å². The Balaban J connectivity index is 1.95. The number of amides is 1. The first-order chi connectivity index (χ1) is 10.1. The van der Waals surface area contributed by atoms with Crippen molar-refractivity contribution in [2.75, 3.05) is 10.6 Å². The van der Waals surface area contributed by atoms with Gasteiger partial charge in [0.05, 0.1) is 6.54 Å². The van der Waals surface area contributed by atoms with Gasteiger partial charge in [-0.05, 0) is 49.1 Å². The SMILES string of the molecule is Cc1ccc(CN2C(=O)CCCc3cc(N)ccc32)cc1. The lowest BCUT2D eigenvalue weighted by molar-refractivity contribution is -0.118. The molecule has 0 radical (unpaired) electrons. The molecule has 0 fully saturated rings. The van der Waals surface area contributed by atoms with Crippen molar-refractivity contribution in [3.8, 4) is 0 Å². The minimum Gasteiger partial charge on any atom is -0.399 e. The molecular weight excluding hydrogens is 260 g/mol. The molecule has 0 saturated heterocycles. The van der Waals surface area contributed by atoms with Gasteiger partial charge in [-0.1, -0.05) is 29.8 Å². The topological polar surface area (TPSA) is 46.3 Å². The van der Waals surface area contributed by atoms with E-state index >= 15 is 0 Å². The van der Waals surface area contributed by atoms with E-state index in [1.807, 2.05) is 23.1 Å². The number of fused-ring (bicyclic) bond motifs is 1. The molecule has 3 rings (SSSR count). The number of hydrogen-bond donors (Lipinski definition) is 1. The van der Waals surface area contributed by atoms with Gasteiger partial charge in [-0.2, -0.15) is 0 Å². The van der Waals surface area contributed by atoms with Crippen molar-refractivity contribution in [1.29, 1.82) is 0 Å². The lowest BCUT2D eigenvalue weighted by atomic mass is 10.1. The minimum absolute atomic E-state index is 0.194. The van der Waals surface area contributed by atoms with Crippen LogP contribution in [0.2, 0.25) is 0 Å². The summed E-state index contributed by atoms with van der Waals surface area (Å²) in [6.45, 7) is 2.69. The van der Waals surface area contributed by atoms with Crippen molar-refractivity contribution in [2.45, 2.75) is 32.7 Å². The molecule has 0 aliphatic carbocycles. The molecule has 2 aromatic rings. The number of aryl methyl sites for hydroxylation is 2. The zero-order chi connectivity index (χ0) is 14.8. The number of nitrogens with zero attached hydrogens (tertiary/aromatic N) is 1. The van der Waals surface area contributed by atoms with Gasteiger partial charge in [-0.25, -0.2) is 0 Å². The largest absolute Gasteiger partial charge is 0.399 e. The smallest absolute Gasteiger partial charge is 0.227 e. The van der Waals surface area contributed by atoms with Crippen LogP contribution in [0, 0.1) is 6.92 Å².